The Balaban J connectivity index is 1.49. The number of rotatable bonds is 9. The zero-order chi connectivity index (χ0) is 25.4. The molecule has 35 heavy (non-hydrogen) atoms. The Morgan fingerprint density at radius 1 is 1.06 bits per heavy atom. The summed E-state index contributed by atoms with van der Waals surface area (Å²) in [6, 6.07) is 15.6. The molecule has 0 bridgehead atoms. The molecule has 0 radical (unpaired) electrons. The number of hydrogen-bond acceptors (Lipinski definition) is 6. The Labute approximate surface area is 203 Å². The summed E-state index contributed by atoms with van der Waals surface area (Å²) in [7, 11) is 1.57. The van der Waals surface area contributed by atoms with E-state index in [1.165, 1.54) is 13.0 Å². The van der Waals surface area contributed by atoms with Crippen molar-refractivity contribution in [2.45, 2.75) is 26.8 Å². The van der Waals surface area contributed by atoms with E-state index in [0.717, 1.165) is 22.5 Å². The molecule has 0 saturated carbocycles. The molecule has 1 atom stereocenters. The highest BCUT2D eigenvalue weighted by molar-refractivity contribution is 5.95. The number of nitrogens with one attached hydrogen (secondary N) is 2. The molecule has 1 aromatic heterocycles. The highest BCUT2D eigenvalue weighted by Crippen LogP contribution is 2.17. The SMILES string of the molecule is COc1ccc(/C=C/C(=O)N[C@@H](C)C(=O)OCC(=O)Nc2cc(C)nn2-c2ccc(C)cc2)cc1. The van der Waals surface area contributed by atoms with E-state index in [-0.39, 0.29) is 0 Å². The molecule has 0 spiro atoms. The van der Waals surface area contributed by atoms with Crippen molar-refractivity contribution in [1.82, 2.24) is 15.1 Å². The molecule has 3 rings (SSSR count). The van der Waals surface area contributed by atoms with Crippen molar-refractivity contribution in [3.8, 4) is 11.4 Å². The lowest BCUT2D eigenvalue weighted by Gasteiger charge is -2.13. The summed E-state index contributed by atoms with van der Waals surface area (Å²) in [6.07, 6.45) is 2.92. The van der Waals surface area contributed by atoms with Gasteiger partial charge in [-0.15, -0.1) is 0 Å². The van der Waals surface area contributed by atoms with Crippen LogP contribution in [0, 0.1) is 13.8 Å². The third-order valence-electron chi connectivity index (χ3n) is 4.98. The Morgan fingerprint density at radius 3 is 2.40 bits per heavy atom. The van der Waals surface area contributed by atoms with Crippen LogP contribution in [0.1, 0.15) is 23.7 Å². The second-order valence-corrected chi connectivity index (χ2v) is 7.91. The molecular formula is C26H28N4O5. The monoisotopic (exact) mass is 476 g/mol. The maximum absolute atomic E-state index is 12.4. The van der Waals surface area contributed by atoms with Crippen LogP contribution in [0.2, 0.25) is 0 Å². The van der Waals surface area contributed by atoms with Gasteiger partial charge in [-0.3, -0.25) is 9.59 Å². The van der Waals surface area contributed by atoms with Crippen molar-refractivity contribution in [1.29, 1.82) is 0 Å². The van der Waals surface area contributed by atoms with Crippen molar-refractivity contribution in [3.05, 3.63) is 77.5 Å². The number of amides is 2. The molecule has 0 fully saturated rings. The first-order valence-electron chi connectivity index (χ1n) is 11.0. The van der Waals surface area contributed by atoms with Gasteiger partial charge in [0, 0.05) is 12.1 Å². The van der Waals surface area contributed by atoms with Crippen LogP contribution in [0.15, 0.2) is 60.7 Å². The molecule has 2 amide bonds. The van der Waals surface area contributed by atoms with Crippen LogP contribution >= 0.6 is 0 Å². The first-order valence-corrected chi connectivity index (χ1v) is 11.0. The predicted molar refractivity (Wildman–Crippen MR) is 132 cm³/mol. The van der Waals surface area contributed by atoms with Gasteiger partial charge in [-0.05, 0) is 56.7 Å². The van der Waals surface area contributed by atoms with Crippen LogP contribution in [0.4, 0.5) is 5.82 Å². The average Bonchev–Trinajstić information content (AvgIpc) is 3.21. The molecule has 2 aromatic carbocycles. The van der Waals surface area contributed by atoms with Gasteiger partial charge in [0.2, 0.25) is 5.91 Å². The third kappa shape index (κ3) is 7.29. The number of aryl methyl sites for hydroxylation is 2. The highest BCUT2D eigenvalue weighted by atomic mass is 16.5. The minimum absolute atomic E-state index is 0.456. The normalized spacial score (nSPS) is 11.7. The summed E-state index contributed by atoms with van der Waals surface area (Å²) in [4.78, 5) is 36.7. The fourth-order valence-electron chi connectivity index (χ4n) is 3.12. The summed E-state index contributed by atoms with van der Waals surface area (Å²) in [6.45, 7) is 4.78. The van der Waals surface area contributed by atoms with Crippen molar-refractivity contribution >= 4 is 29.7 Å². The van der Waals surface area contributed by atoms with E-state index < -0.39 is 30.4 Å². The molecule has 0 aliphatic rings. The van der Waals surface area contributed by atoms with Crippen LogP contribution in [0.25, 0.3) is 11.8 Å². The van der Waals surface area contributed by atoms with Crippen molar-refractivity contribution in [2.75, 3.05) is 19.0 Å². The van der Waals surface area contributed by atoms with E-state index in [9.17, 15) is 14.4 Å². The molecule has 182 valence electrons. The lowest BCUT2D eigenvalue weighted by molar-refractivity contribution is -0.149. The minimum atomic E-state index is -0.934. The number of nitrogens with zero attached hydrogens (tertiary/aromatic N) is 2. The topological polar surface area (TPSA) is 112 Å². The zero-order valence-corrected chi connectivity index (χ0v) is 20.1. The van der Waals surface area contributed by atoms with Gasteiger partial charge in [-0.2, -0.15) is 5.10 Å². The van der Waals surface area contributed by atoms with E-state index in [1.54, 1.807) is 48.2 Å². The molecule has 3 aromatic rings. The number of carbonyl (C=O) groups is 3. The van der Waals surface area contributed by atoms with Gasteiger partial charge in [0.25, 0.3) is 5.91 Å². The van der Waals surface area contributed by atoms with Crippen molar-refractivity contribution in [3.63, 3.8) is 0 Å². The molecule has 2 N–H and O–H groups in total. The maximum atomic E-state index is 12.4. The standard InChI is InChI=1S/C26H28N4O5/c1-17-5-10-21(11-6-17)30-23(15-18(2)29-30)28-25(32)16-35-26(33)19(3)27-24(31)14-9-20-7-12-22(34-4)13-8-20/h5-15,19H,16H2,1-4H3,(H,27,31)(H,28,32)/b14-9+/t19-/m0/s1. The first kappa shape index (κ1) is 25.2. The number of carbonyl (C=O) groups excluding carboxylic acids is 3. The van der Waals surface area contributed by atoms with Crippen LogP contribution < -0.4 is 15.4 Å². The fraction of sp³-hybridized carbons (Fsp3) is 0.231. The second-order valence-electron chi connectivity index (χ2n) is 7.91. The smallest absolute Gasteiger partial charge is 0.328 e. The summed E-state index contributed by atoms with van der Waals surface area (Å²) >= 11 is 0. The summed E-state index contributed by atoms with van der Waals surface area (Å²) in [5, 5.41) is 9.62. The van der Waals surface area contributed by atoms with Crippen LogP contribution in [-0.4, -0.2) is 47.3 Å². The third-order valence-corrected chi connectivity index (χ3v) is 4.98. The van der Waals surface area contributed by atoms with E-state index in [0.29, 0.717) is 11.6 Å². The van der Waals surface area contributed by atoms with Gasteiger partial charge in [-0.1, -0.05) is 29.8 Å². The average molecular weight is 477 g/mol. The van der Waals surface area contributed by atoms with E-state index >= 15 is 0 Å². The molecule has 9 nitrogen and oxygen atoms in total. The molecule has 0 saturated heterocycles. The lowest BCUT2D eigenvalue weighted by Crippen LogP contribution is -2.39. The number of aromatic nitrogens is 2. The van der Waals surface area contributed by atoms with Gasteiger partial charge >= 0.3 is 5.97 Å². The Bertz CT molecular complexity index is 1210. The van der Waals surface area contributed by atoms with E-state index in [4.69, 9.17) is 9.47 Å². The fourth-order valence-corrected chi connectivity index (χ4v) is 3.12. The number of ether oxygens (including phenoxy) is 2. The minimum Gasteiger partial charge on any atom is -0.497 e. The van der Waals surface area contributed by atoms with Gasteiger partial charge in [-0.25, -0.2) is 9.48 Å². The van der Waals surface area contributed by atoms with Gasteiger partial charge in [0.05, 0.1) is 18.5 Å². The largest absolute Gasteiger partial charge is 0.497 e. The number of benzene rings is 2. The number of methoxy groups -OCH3 is 1. The summed E-state index contributed by atoms with van der Waals surface area (Å²) in [5.74, 6) is -0.550. The van der Waals surface area contributed by atoms with Gasteiger partial charge in [0.15, 0.2) is 6.61 Å². The van der Waals surface area contributed by atoms with E-state index in [1.807, 2.05) is 38.1 Å². The number of esters is 1. The Kier molecular flexibility index (Phi) is 8.39. The molecule has 0 aliphatic carbocycles. The maximum Gasteiger partial charge on any atom is 0.328 e. The predicted octanol–water partition coefficient (Wildman–Crippen LogP) is 3.20. The highest BCUT2D eigenvalue weighted by Gasteiger charge is 2.18. The van der Waals surface area contributed by atoms with Crippen molar-refractivity contribution in [2.24, 2.45) is 0 Å². The zero-order valence-electron chi connectivity index (χ0n) is 20.1. The summed E-state index contributed by atoms with van der Waals surface area (Å²) < 4.78 is 11.8. The number of hydrogen-bond donors (Lipinski definition) is 2. The molecule has 9 heteroatoms. The van der Waals surface area contributed by atoms with Crippen molar-refractivity contribution < 1.29 is 23.9 Å². The Hall–Kier alpha value is -4.40. The van der Waals surface area contributed by atoms with Crippen LogP contribution in [0.3, 0.4) is 0 Å². The molecule has 1 heterocycles. The van der Waals surface area contributed by atoms with Crippen LogP contribution in [-0.2, 0) is 19.1 Å². The first-order chi connectivity index (χ1) is 16.7. The van der Waals surface area contributed by atoms with Crippen LogP contribution in [0.5, 0.6) is 5.75 Å². The number of anilines is 1. The van der Waals surface area contributed by atoms with E-state index in [2.05, 4.69) is 15.7 Å². The van der Waals surface area contributed by atoms with Gasteiger partial charge < -0.3 is 20.1 Å². The second kappa shape index (κ2) is 11.6. The molecular weight excluding hydrogens is 448 g/mol. The molecule has 0 unspecified atom stereocenters. The summed E-state index contributed by atoms with van der Waals surface area (Å²) in [5.41, 5.74) is 3.41. The van der Waals surface area contributed by atoms with Gasteiger partial charge in [0.1, 0.15) is 17.6 Å². The molecule has 0 aliphatic heterocycles. The quantitative estimate of drug-likeness (QED) is 0.362. The lowest BCUT2D eigenvalue weighted by atomic mass is 10.2. The Morgan fingerprint density at radius 2 is 1.74 bits per heavy atom.